The summed E-state index contributed by atoms with van der Waals surface area (Å²) in [6.45, 7) is 3.87. The van der Waals surface area contributed by atoms with Crippen LogP contribution >= 0.6 is 0 Å². The first-order valence-corrected chi connectivity index (χ1v) is 14.4. The van der Waals surface area contributed by atoms with Crippen LogP contribution in [0.3, 0.4) is 0 Å². The van der Waals surface area contributed by atoms with Gasteiger partial charge in [0.25, 0.3) is 11.6 Å². The molecule has 0 saturated carbocycles. The number of aliphatic hydroxyl groups excluding tert-OH is 1. The monoisotopic (exact) mass is 731 g/mol. The molecule has 20 nitrogen and oxygen atoms in total. The number of aromatic nitrogens is 10. The van der Waals surface area contributed by atoms with Crippen molar-refractivity contribution in [2.75, 3.05) is 28.4 Å². The number of ether oxygens (including phenoxy) is 3. The average Bonchev–Trinajstić information content (AvgIpc) is 3.97. The molecular weight excluding hydrogens is 695 g/mol. The van der Waals surface area contributed by atoms with Gasteiger partial charge < -0.3 is 47.3 Å². The van der Waals surface area contributed by atoms with Crippen LogP contribution in [-0.4, -0.2) is 117 Å². The minimum atomic E-state index is -1.54. The number of carboxylic acid groups (broad SMARTS) is 1. The van der Waals surface area contributed by atoms with Gasteiger partial charge >= 0.3 is 41.5 Å². The first-order valence-electron chi connectivity index (χ1n) is 14.4. The number of aromatic amines is 2. The van der Waals surface area contributed by atoms with Gasteiger partial charge in [-0.2, -0.15) is 0 Å². The maximum Gasteiger partial charge on any atom is 1.00 e. The van der Waals surface area contributed by atoms with Gasteiger partial charge in [0.15, 0.2) is 23.3 Å². The molecule has 0 amide bonds. The summed E-state index contributed by atoms with van der Waals surface area (Å²) in [5.41, 5.74) is 1.10. The van der Waals surface area contributed by atoms with Gasteiger partial charge in [-0.1, -0.05) is 13.8 Å². The van der Waals surface area contributed by atoms with Gasteiger partial charge in [-0.3, -0.25) is 9.59 Å². The summed E-state index contributed by atoms with van der Waals surface area (Å²) >= 11 is 0. The van der Waals surface area contributed by atoms with Crippen LogP contribution in [0.4, 0.5) is 0 Å². The van der Waals surface area contributed by atoms with Crippen LogP contribution in [0.5, 0.6) is 11.5 Å². The van der Waals surface area contributed by atoms with Crippen molar-refractivity contribution in [2.24, 2.45) is 0 Å². The number of Topliss-reactive ketones (excluding diaryl/α,β-unsaturated/α-hetero) is 2. The summed E-state index contributed by atoms with van der Waals surface area (Å²) in [6, 6.07) is 0. The van der Waals surface area contributed by atoms with Crippen LogP contribution in [-0.2, 0) is 27.2 Å². The number of methoxy groups -OCH3 is 3. The normalized spacial score (nSPS) is 9.90. The fourth-order valence-corrected chi connectivity index (χ4v) is 4.66. The molecule has 6 aromatic rings. The fourth-order valence-electron chi connectivity index (χ4n) is 4.66. The predicted octanol–water partition coefficient (Wildman–Crippen LogP) is -1.06. The molecule has 0 fully saturated rings. The third kappa shape index (κ3) is 8.66. The predicted molar refractivity (Wildman–Crippen MR) is 179 cm³/mol. The number of nitrogens with zero attached hydrogens (tertiary/aromatic N) is 8. The molecule has 0 spiro atoms. The Morgan fingerprint density at radius 2 is 1.13 bits per heavy atom. The molecule has 52 heavy (non-hydrogen) atoms. The number of rotatable bonds is 10. The zero-order valence-corrected chi connectivity index (χ0v) is 31.7. The number of aryl methyl sites for hydroxylation is 2. The number of fused-ring (bicyclic) bond motifs is 2. The third-order valence-electron chi connectivity index (χ3n) is 6.95. The third-order valence-corrected chi connectivity index (χ3v) is 6.95. The van der Waals surface area contributed by atoms with Crippen LogP contribution in [0.2, 0.25) is 0 Å². The number of carboxylic acids is 1. The molecule has 0 aliphatic heterocycles. The zero-order valence-electron chi connectivity index (χ0n) is 29.7. The van der Waals surface area contributed by atoms with Crippen molar-refractivity contribution in [3.05, 3.63) is 67.6 Å². The minimum absolute atomic E-state index is 0. The molecule has 0 aliphatic rings. The summed E-state index contributed by atoms with van der Waals surface area (Å²) in [5, 5.41) is 25.3. The van der Waals surface area contributed by atoms with Crippen LogP contribution in [0.25, 0.3) is 33.4 Å². The summed E-state index contributed by atoms with van der Waals surface area (Å²) < 4.78 is 17.9. The maximum atomic E-state index is 12.2. The number of ketones is 2. The van der Waals surface area contributed by atoms with Crippen molar-refractivity contribution < 1.29 is 78.6 Å². The van der Waals surface area contributed by atoms with Gasteiger partial charge in [0.1, 0.15) is 24.2 Å². The van der Waals surface area contributed by atoms with Gasteiger partial charge in [0.2, 0.25) is 0 Å². The maximum absolute atomic E-state index is 12.2. The van der Waals surface area contributed by atoms with E-state index >= 15 is 0 Å². The van der Waals surface area contributed by atoms with E-state index in [0.717, 1.165) is 14.2 Å². The molecule has 0 bridgehead atoms. The van der Waals surface area contributed by atoms with Crippen molar-refractivity contribution in [3.63, 3.8) is 0 Å². The molecule has 0 saturated heterocycles. The van der Waals surface area contributed by atoms with Gasteiger partial charge in [-0.15, -0.1) is 10.2 Å². The number of pyridine rings is 2. The van der Waals surface area contributed by atoms with Gasteiger partial charge in [0.05, 0.1) is 66.7 Å². The SMILES string of the molecule is CCc1ncn(-c2ncc(OC)c3c(C(=O)C(=O)O)c[nH]c23)n1.CCc1ncn(-c2ncc(OC)c3c(C(=O)C(=O)OC)c[nH]c23)n1.CO.[CH3-].[Na+].[OH-]. The Morgan fingerprint density at radius 1 is 0.731 bits per heavy atom. The van der Waals surface area contributed by atoms with Crippen LogP contribution in [0.1, 0.15) is 46.2 Å². The molecule has 5 N–H and O–H groups in total. The largest absolute Gasteiger partial charge is 1.00 e. The van der Waals surface area contributed by atoms with Gasteiger partial charge in [-0.25, -0.2) is 38.9 Å². The molecule has 6 heterocycles. The number of H-pyrrole nitrogens is 2. The Labute approximate surface area is 318 Å². The molecule has 0 aromatic carbocycles. The van der Waals surface area contributed by atoms with Crippen molar-refractivity contribution in [1.82, 2.24) is 49.5 Å². The molecule has 6 aromatic heterocycles. The minimum Gasteiger partial charge on any atom is -0.870 e. The summed E-state index contributed by atoms with van der Waals surface area (Å²) in [6.07, 6.45) is 10.0. The molecule has 0 aliphatic carbocycles. The zero-order chi connectivity index (χ0) is 35.8. The van der Waals surface area contributed by atoms with E-state index in [1.807, 2.05) is 13.8 Å². The second-order valence-electron chi connectivity index (χ2n) is 9.58. The van der Waals surface area contributed by atoms with E-state index in [9.17, 15) is 19.2 Å². The molecule has 0 radical (unpaired) electrons. The Morgan fingerprint density at radius 3 is 1.46 bits per heavy atom. The Hall–Kier alpha value is -5.54. The van der Waals surface area contributed by atoms with E-state index in [1.165, 1.54) is 61.0 Å². The van der Waals surface area contributed by atoms with Crippen molar-refractivity contribution in [2.45, 2.75) is 26.7 Å². The molecule has 21 heteroatoms. The van der Waals surface area contributed by atoms with Gasteiger partial charge in [0, 0.05) is 32.3 Å². The summed E-state index contributed by atoms with van der Waals surface area (Å²) in [4.78, 5) is 69.3. The number of esters is 1. The molecule has 272 valence electrons. The summed E-state index contributed by atoms with van der Waals surface area (Å²) in [7, 11) is 5.03. The average molecular weight is 732 g/mol. The number of hydrogen-bond acceptors (Lipinski definition) is 15. The van der Waals surface area contributed by atoms with E-state index < -0.39 is 23.5 Å². The topological polar surface area (TPSA) is 285 Å². The molecule has 0 unspecified atom stereocenters. The number of aliphatic hydroxyl groups is 1. The second-order valence-corrected chi connectivity index (χ2v) is 9.58. The van der Waals surface area contributed by atoms with Crippen molar-refractivity contribution in [3.8, 4) is 23.1 Å². The van der Waals surface area contributed by atoms with Crippen molar-refractivity contribution in [1.29, 1.82) is 0 Å². The molecule has 0 atom stereocenters. The Balaban J connectivity index is 0.000000471. The first kappa shape index (κ1) is 44.5. The van der Waals surface area contributed by atoms with E-state index in [0.29, 0.717) is 69.4 Å². The molecular formula is C31H36N10NaO10-. The van der Waals surface area contributed by atoms with Crippen LogP contribution < -0.4 is 39.0 Å². The number of aliphatic carboxylic acids is 1. The molecule has 6 rings (SSSR count). The smallest absolute Gasteiger partial charge is 0.870 e. The summed E-state index contributed by atoms with van der Waals surface area (Å²) in [5.74, 6) is -1.48. The van der Waals surface area contributed by atoms with E-state index in [1.54, 1.807) is 0 Å². The van der Waals surface area contributed by atoms with Crippen molar-refractivity contribution >= 4 is 45.3 Å². The number of carbonyl (C=O) groups excluding carboxylic acids is 3. The number of carbonyl (C=O) groups is 4. The Bertz CT molecular complexity index is 2150. The first-order chi connectivity index (χ1) is 23.7. The van der Waals surface area contributed by atoms with E-state index in [2.05, 4.69) is 44.8 Å². The Kier molecular flexibility index (Phi) is 16.9. The van der Waals surface area contributed by atoms with E-state index in [4.69, 9.17) is 19.7 Å². The second kappa shape index (κ2) is 19.7. The number of nitrogens with one attached hydrogen (secondary N) is 2. The van der Waals surface area contributed by atoms with Crippen LogP contribution in [0.15, 0.2) is 37.4 Å². The number of hydrogen-bond donors (Lipinski definition) is 4. The van der Waals surface area contributed by atoms with E-state index in [-0.39, 0.29) is 53.6 Å². The van der Waals surface area contributed by atoms with Gasteiger partial charge in [-0.05, 0) is 0 Å². The van der Waals surface area contributed by atoms with Crippen LogP contribution in [0, 0.1) is 7.43 Å². The quantitative estimate of drug-likeness (QED) is 0.0429. The fraction of sp³-hybridized carbons (Fsp3) is 0.258. The standard InChI is InChI=1S/C15H15N5O4.C14H13N5O4.CH4O.CH3.Na.H2O/c1-4-10-18-7-20(19-10)14-12-11(9(23-2)6-17-14)8(5-16-12)13(21)15(22)24-3;1-3-9-17-6-19(18-9)13-11-10(8(23-2)5-16-13)7(4-15-11)12(20)14(21)22;1-2;;;/h5-7,16H,4H2,1-3H3;4-6,15H,3H2,1-2H3,(H,21,22);2H,1H3;1H3;;1H2/q;;;-1;+1;/p-1.